The highest BCUT2D eigenvalue weighted by atomic mass is 16.6. The quantitative estimate of drug-likeness (QED) is 0.118. The summed E-state index contributed by atoms with van der Waals surface area (Å²) in [6.07, 6.45) is 9.83. The van der Waals surface area contributed by atoms with Crippen molar-refractivity contribution in [2.45, 2.75) is 147 Å². The fourth-order valence-corrected chi connectivity index (χ4v) is 9.88. The van der Waals surface area contributed by atoms with Crippen LogP contribution in [-0.4, -0.2) is 70.0 Å². The number of benzene rings is 3. The number of alkyl carbamates (subject to hydrolysis) is 3. The molecule has 0 radical (unpaired) electrons. The Kier molecular flexibility index (Phi) is 14.9. The van der Waals surface area contributed by atoms with E-state index in [9.17, 15) is 29.7 Å². The molecule has 12 heteroatoms. The Morgan fingerprint density at radius 2 is 0.661 bits per heavy atom. The van der Waals surface area contributed by atoms with Crippen molar-refractivity contribution in [2.75, 3.05) is 0 Å². The minimum absolute atomic E-state index is 0.119. The smallest absolute Gasteiger partial charge is 0.407 e. The van der Waals surface area contributed by atoms with Crippen molar-refractivity contribution in [3.8, 4) is 0 Å². The molecule has 0 atom stereocenters. The average molecular weight is 814 g/mol. The summed E-state index contributed by atoms with van der Waals surface area (Å²) in [5.41, 5.74) is 3.92. The second-order valence-electron chi connectivity index (χ2n) is 17.6. The van der Waals surface area contributed by atoms with Crippen LogP contribution in [0.2, 0.25) is 0 Å². The van der Waals surface area contributed by atoms with Gasteiger partial charge in [0, 0.05) is 18.1 Å². The Bertz CT molecular complexity index is 1550. The molecule has 3 spiro atoms. The molecule has 0 bridgehead atoms. The third-order valence-electron chi connectivity index (χ3n) is 12.7. The van der Waals surface area contributed by atoms with Crippen molar-refractivity contribution in [3.05, 3.63) is 108 Å². The molecule has 6 N–H and O–H groups in total. The first kappa shape index (κ1) is 43.9. The van der Waals surface area contributed by atoms with E-state index >= 15 is 0 Å². The van der Waals surface area contributed by atoms with E-state index in [1.54, 1.807) is 0 Å². The highest BCUT2D eigenvalue weighted by Crippen LogP contribution is 2.57. The van der Waals surface area contributed by atoms with Gasteiger partial charge in [0.05, 0.1) is 18.3 Å². The summed E-state index contributed by atoms with van der Waals surface area (Å²) in [7, 11) is 0. The zero-order valence-corrected chi connectivity index (χ0v) is 34.5. The number of nitrogens with one attached hydrogen (secondary N) is 3. The van der Waals surface area contributed by atoms with E-state index in [1.165, 1.54) is 0 Å². The monoisotopic (exact) mass is 813 g/mol. The lowest BCUT2D eigenvalue weighted by molar-refractivity contribution is -0.0963. The lowest BCUT2D eigenvalue weighted by atomic mass is 9.53. The largest absolute Gasteiger partial charge is 0.445 e. The van der Waals surface area contributed by atoms with Gasteiger partial charge in [-0.2, -0.15) is 0 Å². The SMILES string of the molecule is CC.O=C(NC1CC2(CC(O)C2)C1)OCc1ccccc1.O=C(NC1CC2(CC(O)C2)C1)OCc1ccccc1.O=C(NC1CC2(CC(O)C2)C1)OCc1ccccc1. The van der Waals surface area contributed by atoms with Gasteiger partial charge in [-0.05, 0) is 110 Å². The molecule has 3 aromatic carbocycles. The van der Waals surface area contributed by atoms with Gasteiger partial charge < -0.3 is 45.5 Å². The van der Waals surface area contributed by atoms with Crippen LogP contribution in [0, 0.1) is 16.2 Å². The number of aliphatic hydroxyl groups excluding tert-OH is 3. The molecule has 0 unspecified atom stereocenters. The Morgan fingerprint density at radius 1 is 0.441 bits per heavy atom. The van der Waals surface area contributed by atoms with Crippen LogP contribution in [0.5, 0.6) is 0 Å². The van der Waals surface area contributed by atoms with E-state index in [2.05, 4.69) is 16.0 Å². The predicted octanol–water partition coefficient (Wildman–Crippen LogP) is 7.68. The number of carbonyl (C=O) groups excluding carboxylic acids is 3. The van der Waals surface area contributed by atoms with Gasteiger partial charge in [0.25, 0.3) is 0 Å². The normalized spacial score (nSPS) is 31.3. The van der Waals surface area contributed by atoms with Gasteiger partial charge in [0.2, 0.25) is 0 Å². The van der Waals surface area contributed by atoms with Crippen molar-refractivity contribution in [1.29, 1.82) is 0 Å². The Hall–Kier alpha value is -4.65. The molecular weight excluding hydrogens is 751 g/mol. The van der Waals surface area contributed by atoms with Crippen LogP contribution >= 0.6 is 0 Å². The topological polar surface area (TPSA) is 176 Å². The molecule has 320 valence electrons. The summed E-state index contributed by atoms with van der Waals surface area (Å²) >= 11 is 0. The minimum Gasteiger partial charge on any atom is -0.445 e. The maximum atomic E-state index is 11.6. The molecule has 9 rings (SSSR count). The molecule has 0 aromatic heterocycles. The predicted molar refractivity (Wildman–Crippen MR) is 223 cm³/mol. The van der Waals surface area contributed by atoms with Crippen LogP contribution in [0.3, 0.4) is 0 Å². The molecule has 3 aromatic rings. The Balaban J connectivity index is 0.000000146. The number of hydrogen-bond acceptors (Lipinski definition) is 9. The molecule has 3 amide bonds. The van der Waals surface area contributed by atoms with Gasteiger partial charge in [0.1, 0.15) is 19.8 Å². The first-order chi connectivity index (χ1) is 28.5. The van der Waals surface area contributed by atoms with E-state index in [4.69, 9.17) is 14.2 Å². The van der Waals surface area contributed by atoms with Crippen molar-refractivity contribution in [1.82, 2.24) is 16.0 Å². The number of amides is 3. The van der Waals surface area contributed by atoms with Crippen molar-refractivity contribution < 1.29 is 43.9 Å². The van der Waals surface area contributed by atoms with Gasteiger partial charge in [-0.25, -0.2) is 14.4 Å². The highest BCUT2D eigenvalue weighted by molar-refractivity contribution is 5.68. The number of hydrogen-bond donors (Lipinski definition) is 6. The highest BCUT2D eigenvalue weighted by Gasteiger charge is 2.54. The Labute approximate surface area is 348 Å². The first-order valence-corrected chi connectivity index (χ1v) is 21.4. The maximum Gasteiger partial charge on any atom is 0.407 e. The average Bonchev–Trinajstić information content (AvgIpc) is 3.17. The first-order valence-electron chi connectivity index (χ1n) is 21.4. The molecule has 59 heavy (non-hydrogen) atoms. The third kappa shape index (κ3) is 12.4. The molecule has 6 fully saturated rings. The standard InChI is InChI=1S/3C15H19NO3.C2H6/c3*17-13-8-15(9-13)6-12(7-15)16-14(18)19-10-11-4-2-1-3-5-11;1-2/h3*1-5,12-13,17H,6-10H2,(H,16,18);1-2H3. The van der Waals surface area contributed by atoms with E-state index in [0.29, 0.717) is 36.1 Å². The van der Waals surface area contributed by atoms with Crippen LogP contribution in [0.15, 0.2) is 91.0 Å². The summed E-state index contributed by atoms with van der Waals surface area (Å²) < 4.78 is 15.5. The molecule has 6 aliphatic carbocycles. The van der Waals surface area contributed by atoms with Gasteiger partial charge >= 0.3 is 18.3 Å². The summed E-state index contributed by atoms with van der Waals surface area (Å²) in [6, 6.07) is 29.6. The van der Waals surface area contributed by atoms with Crippen LogP contribution < -0.4 is 16.0 Å². The van der Waals surface area contributed by atoms with Gasteiger partial charge in [-0.1, -0.05) is 105 Å². The number of rotatable bonds is 9. The number of carbonyl (C=O) groups is 3. The fourth-order valence-electron chi connectivity index (χ4n) is 9.88. The molecule has 6 saturated carbocycles. The van der Waals surface area contributed by atoms with Crippen molar-refractivity contribution >= 4 is 18.3 Å². The van der Waals surface area contributed by atoms with Crippen LogP contribution in [0.1, 0.15) is 108 Å². The van der Waals surface area contributed by atoms with Crippen molar-refractivity contribution in [2.24, 2.45) is 16.2 Å². The number of aliphatic hydroxyl groups is 3. The second kappa shape index (κ2) is 20.1. The van der Waals surface area contributed by atoms with Gasteiger partial charge in [-0.15, -0.1) is 0 Å². The summed E-state index contributed by atoms with van der Waals surface area (Å²) in [6.45, 7) is 4.93. The molecule has 12 nitrogen and oxygen atoms in total. The molecule has 6 aliphatic rings. The van der Waals surface area contributed by atoms with E-state index < -0.39 is 0 Å². The zero-order chi connectivity index (χ0) is 41.9. The van der Waals surface area contributed by atoms with Crippen LogP contribution in [0.4, 0.5) is 14.4 Å². The molecule has 0 aliphatic heterocycles. The van der Waals surface area contributed by atoms with E-state index in [1.807, 2.05) is 105 Å². The van der Waals surface area contributed by atoms with E-state index in [0.717, 1.165) is 93.7 Å². The summed E-state index contributed by atoms with van der Waals surface area (Å²) in [5, 5.41) is 36.6. The minimum atomic E-state index is -0.344. The second-order valence-corrected chi connectivity index (χ2v) is 17.6. The van der Waals surface area contributed by atoms with Gasteiger partial charge in [0.15, 0.2) is 0 Å². The fraction of sp³-hybridized carbons (Fsp3) is 0.553. The van der Waals surface area contributed by atoms with E-state index in [-0.39, 0.29) is 54.7 Å². The van der Waals surface area contributed by atoms with Crippen molar-refractivity contribution in [3.63, 3.8) is 0 Å². The van der Waals surface area contributed by atoms with Crippen LogP contribution in [-0.2, 0) is 34.0 Å². The maximum absolute atomic E-state index is 11.6. The molecule has 0 heterocycles. The summed E-state index contributed by atoms with van der Waals surface area (Å²) in [5.74, 6) is 0. The molecule has 0 saturated heterocycles. The lowest BCUT2D eigenvalue weighted by Crippen LogP contribution is -2.57. The van der Waals surface area contributed by atoms with Gasteiger partial charge in [-0.3, -0.25) is 0 Å². The molecular formula is C47H63N3O9. The lowest BCUT2D eigenvalue weighted by Gasteiger charge is -2.56. The van der Waals surface area contributed by atoms with Crippen LogP contribution in [0.25, 0.3) is 0 Å². The summed E-state index contributed by atoms with van der Waals surface area (Å²) in [4.78, 5) is 34.9. The Morgan fingerprint density at radius 3 is 0.864 bits per heavy atom. The third-order valence-corrected chi connectivity index (χ3v) is 12.7. The number of ether oxygens (including phenoxy) is 3. The zero-order valence-electron chi connectivity index (χ0n) is 34.5.